The van der Waals surface area contributed by atoms with Gasteiger partial charge in [-0.15, -0.1) is 0 Å². The second-order valence-electron chi connectivity index (χ2n) is 4.12. The van der Waals surface area contributed by atoms with Crippen molar-refractivity contribution in [2.24, 2.45) is 0 Å². The predicted molar refractivity (Wildman–Crippen MR) is 65.9 cm³/mol. The van der Waals surface area contributed by atoms with E-state index in [9.17, 15) is 0 Å². The van der Waals surface area contributed by atoms with E-state index < -0.39 is 0 Å². The smallest absolute Gasteiger partial charge is 0.203 e. The largest absolute Gasteiger partial charge is 0.383 e. The van der Waals surface area contributed by atoms with Crippen LogP contribution in [0.5, 0.6) is 0 Å². The number of aryl methyl sites for hydroxylation is 1. The fourth-order valence-electron chi connectivity index (χ4n) is 1.44. The zero-order valence-corrected chi connectivity index (χ0v) is 10.7. The quantitative estimate of drug-likeness (QED) is 0.747. The van der Waals surface area contributed by atoms with Gasteiger partial charge >= 0.3 is 0 Å². The monoisotopic (exact) mass is 226 g/mol. The van der Waals surface area contributed by atoms with Crippen molar-refractivity contribution in [3.63, 3.8) is 0 Å². The summed E-state index contributed by atoms with van der Waals surface area (Å²) in [4.78, 5) is 6.58. The van der Waals surface area contributed by atoms with Crippen LogP contribution in [0.1, 0.15) is 5.69 Å². The predicted octanol–water partition coefficient (Wildman–Crippen LogP) is 0.811. The Labute approximate surface area is 97.4 Å². The van der Waals surface area contributed by atoms with E-state index >= 15 is 0 Å². The molecule has 5 heteroatoms. The molecule has 5 nitrogen and oxygen atoms in total. The standard InChI is InChI=1S/C11H22N4O/c1-10-9-15(7-8-16-4)11(13-10)12-5-6-14(2)3/h9H,5-8H2,1-4H3,(H,12,13). The summed E-state index contributed by atoms with van der Waals surface area (Å²) in [5, 5.41) is 3.33. The van der Waals surface area contributed by atoms with Gasteiger partial charge in [-0.25, -0.2) is 4.98 Å². The van der Waals surface area contributed by atoms with Gasteiger partial charge in [0, 0.05) is 32.9 Å². The molecule has 0 saturated carbocycles. The van der Waals surface area contributed by atoms with E-state index in [1.54, 1.807) is 7.11 Å². The van der Waals surface area contributed by atoms with Crippen LogP contribution in [0.4, 0.5) is 5.95 Å². The molecule has 0 saturated heterocycles. The highest BCUT2D eigenvalue weighted by molar-refractivity contribution is 5.28. The Morgan fingerprint density at radius 2 is 2.25 bits per heavy atom. The normalized spacial score (nSPS) is 11.1. The molecule has 0 aromatic carbocycles. The molecule has 0 aliphatic heterocycles. The number of anilines is 1. The number of nitrogens with one attached hydrogen (secondary N) is 1. The third-order valence-corrected chi connectivity index (χ3v) is 2.28. The number of methoxy groups -OCH3 is 1. The van der Waals surface area contributed by atoms with Gasteiger partial charge in [0.2, 0.25) is 5.95 Å². The highest BCUT2D eigenvalue weighted by Crippen LogP contribution is 2.07. The topological polar surface area (TPSA) is 42.3 Å². The SMILES string of the molecule is COCCn1cc(C)nc1NCCN(C)C. The zero-order chi connectivity index (χ0) is 12.0. The third kappa shape index (κ3) is 4.20. The van der Waals surface area contributed by atoms with Crippen molar-refractivity contribution >= 4 is 5.95 Å². The molecule has 0 atom stereocenters. The van der Waals surface area contributed by atoms with Gasteiger partial charge in [-0.1, -0.05) is 0 Å². The Kier molecular flexibility index (Phi) is 5.28. The molecule has 0 radical (unpaired) electrons. The molecule has 0 fully saturated rings. The van der Waals surface area contributed by atoms with Gasteiger partial charge in [-0.3, -0.25) is 0 Å². The summed E-state index contributed by atoms with van der Waals surface area (Å²) in [7, 11) is 5.83. The molecule has 0 amide bonds. The number of likely N-dealkylation sites (N-methyl/N-ethyl adjacent to an activating group) is 1. The van der Waals surface area contributed by atoms with Crippen LogP contribution in [0.15, 0.2) is 6.20 Å². The minimum Gasteiger partial charge on any atom is -0.383 e. The van der Waals surface area contributed by atoms with Gasteiger partial charge in [0.15, 0.2) is 0 Å². The second kappa shape index (κ2) is 6.50. The Hall–Kier alpha value is -1.07. The van der Waals surface area contributed by atoms with Gasteiger partial charge in [0.05, 0.1) is 12.3 Å². The number of nitrogens with zero attached hydrogens (tertiary/aromatic N) is 3. The first kappa shape index (κ1) is 13.0. The third-order valence-electron chi connectivity index (χ3n) is 2.28. The number of hydrogen-bond donors (Lipinski definition) is 1. The maximum atomic E-state index is 5.07. The van der Waals surface area contributed by atoms with Crippen LogP contribution in [-0.4, -0.2) is 55.4 Å². The number of ether oxygens (including phenoxy) is 1. The first-order chi connectivity index (χ1) is 7.63. The molecule has 0 spiro atoms. The number of aromatic nitrogens is 2. The lowest BCUT2D eigenvalue weighted by Crippen LogP contribution is -2.22. The fraction of sp³-hybridized carbons (Fsp3) is 0.727. The van der Waals surface area contributed by atoms with Crippen molar-refractivity contribution < 1.29 is 4.74 Å². The van der Waals surface area contributed by atoms with E-state index in [1.165, 1.54) is 0 Å². The molecular formula is C11H22N4O. The van der Waals surface area contributed by atoms with Crippen LogP contribution >= 0.6 is 0 Å². The molecule has 92 valence electrons. The van der Waals surface area contributed by atoms with Crippen LogP contribution in [0.2, 0.25) is 0 Å². The molecular weight excluding hydrogens is 204 g/mol. The highest BCUT2D eigenvalue weighted by Gasteiger charge is 2.04. The summed E-state index contributed by atoms with van der Waals surface area (Å²) in [6.45, 7) is 5.44. The average molecular weight is 226 g/mol. The summed E-state index contributed by atoms with van der Waals surface area (Å²) in [5.41, 5.74) is 1.03. The van der Waals surface area contributed by atoms with Crippen molar-refractivity contribution in [2.75, 3.05) is 46.2 Å². The van der Waals surface area contributed by atoms with Gasteiger partial charge < -0.3 is 19.5 Å². The molecule has 0 unspecified atom stereocenters. The summed E-state index contributed by atoms with van der Waals surface area (Å²) in [6.07, 6.45) is 2.04. The van der Waals surface area contributed by atoms with Gasteiger partial charge in [0.1, 0.15) is 0 Å². The zero-order valence-electron chi connectivity index (χ0n) is 10.7. The van der Waals surface area contributed by atoms with Crippen LogP contribution in [-0.2, 0) is 11.3 Å². The first-order valence-corrected chi connectivity index (χ1v) is 5.55. The van der Waals surface area contributed by atoms with E-state index in [0.29, 0.717) is 6.61 Å². The van der Waals surface area contributed by atoms with Gasteiger partial charge in [-0.2, -0.15) is 0 Å². The van der Waals surface area contributed by atoms with Crippen molar-refractivity contribution in [1.82, 2.24) is 14.5 Å². The van der Waals surface area contributed by atoms with E-state index in [0.717, 1.165) is 31.3 Å². The molecule has 1 heterocycles. The van der Waals surface area contributed by atoms with Crippen LogP contribution in [0.25, 0.3) is 0 Å². The maximum Gasteiger partial charge on any atom is 0.203 e. The van der Waals surface area contributed by atoms with E-state index in [4.69, 9.17) is 4.74 Å². The van der Waals surface area contributed by atoms with Crippen LogP contribution < -0.4 is 5.32 Å². The Bertz CT molecular complexity index is 309. The van der Waals surface area contributed by atoms with Gasteiger partial charge in [0.25, 0.3) is 0 Å². The number of hydrogen-bond acceptors (Lipinski definition) is 4. The van der Waals surface area contributed by atoms with Crippen molar-refractivity contribution in [2.45, 2.75) is 13.5 Å². The molecule has 1 N–H and O–H groups in total. The Morgan fingerprint density at radius 1 is 1.50 bits per heavy atom. The van der Waals surface area contributed by atoms with Gasteiger partial charge in [-0.05, 0) is 21.0 Å². The maximum absolute atomic E-state index is 5.07. The summed E-state index contributed by atoms with van der Waals surface area (Å²) >= 11 is 0. The Morgan fingerprint density at radius 3 is 2.88 bits per heavy atom. The molecule has 1 aromatic heterocycles. The van der Waals surface area contributed by atoms with Crippen molar-refractivity contribution in [3.05, 3.63) is 11.9 Å². The Balaban J connectivity index is 2.49. The minimum atomic E-state index is 0.707. The molecule has 0 aliphatic carbocycles. The lowest BCUT2D eigenvalue weighted by Gasteiger charge is -2.12. The fourth-order valence-corrected chi connectivity index (χ4v) is 1.44. The molecule has 1 rings (SSSR count). The van der Waals surface area contributed by atoms with Crippen molar-refractivity contribution in [3.8, 4) is 0 Å². The molecule has 16 heavy (non-hydrogen) atoms. The lowest BCUT2D eigenvalue weighted by atomic mass is 10.5. The minimum absolute atomic E-state index is 0.707. The average Bonchev–Trinajstić information content (AvgIpc) is 2.55. The molecule has 0 bridgehead atoms. The summed E-state index contributed by atoms with van der Waals surface area (Å²) in [5.74, 6) is 0.927. The molecule has 1 aromatic rings. The molecule has 0 aliphatic rings. The highest BCUT2D eigenvalue weighted by atomic mass is 16.5. The number of rotatable bonds is 7. The van der Waals surface area contributed by atoms with E-state index in [-0.39, 0.29) is 0 Å². The summed E-state index contributed by atoms with van der Waals surface area (Å²) in [6, 6.07) is 0. The van der Waals surface area contributed by atoms with E-state index in [1.807, 2.05) is 13.1 Å². The van der Waals surface area contributed by atoms with Crippen molar-refractivity contribution in [1.29, 1.82) is 0 Å². The van der Waals surface area contributed by atoms with Crippen LogP contribution in [0.3, 0.4) is 0 Å². The number of imidazole rings is 1. The van der Waals surface area contributed by atoms with E-state index in [2.05, 4.69) is 33.9 Å². The second-order valence-corrected chi connectivity index (χ2v) is 4.12. The summed E-state index contributed by atoms with van der Waals surface area (Å²) < 4.78 is 7.16. The lowest BCUT2D eigenvalue weighted by molar-refractivity contribution is 0.187. The van der Waals surface area contributed by atoms with Crippen LogP contribution in [0, 0.1) is 6.92 Å². The first-order valence-electron chi connectivity index (χ1n) is 5.55.